The molecular formula is C87H163NO5. The number of hydrogen-bond donors (Lipinski definition) is 3. The van der Waals surface area contributed by atoms with Crippen LogP contribution in [0.15, 0.2) is 60.8 Å². The van der Waals surface area contributed by atoms with E-state index in [4.69, 9.17) is 4.74 Å². The second-order valence-electron chi connectivity index (χ2n) is 28.8. The molecule has 0 saturated carbocycles. The Kier molecular flexibility index (Phi) is 79.8. The summed E-state index contributed by atoms with van der Waals surface area (Å²) in [7, 11) is 0. The topological polar surface area (TPSA) is 95.9 Å². The standard InChI is InChI=1S/C87H163NO5/c1-3-5-7-9-11-13-15-17-19-20-21-22-40-43-46-49-52-55-59-63-67-71-75-79-85(90)84(83-89)88-86(91)80-76-72-68-64-60-56-53-50-47-44-41-38-36-34-32-30-28-26-24-23-25-27-29-31-33-35-37-39-42-45-48-51-54-58-62-66-70-74-78-82-93-87(92)81-77-73-69-65-61-57-18-16-14-12-10-8-6-4-2/h10,12,16,18,23-24,27,29,75,79,84-85,89-90H,3-9,11,13-15,17,19-22,25-26,28,30-74,76-78,80-83H2,1-2H3,(H,88,91)/b12-10-,18-16-,24-23-,29-27-,79-75+. The lowest BCUT2D eigenvalue weighted by atomic mass is 10.0. The summed E-state index contributed by atoms with van der Waals surface area (Å²) in [5, 5.41) is 23.3. The number of hydrogen-bond acceptors (Lipinski definition) is 5. The molecule has 0 saturated heterocycles. The number of rotatable bonds is 79. The fourth-order valence-electron chi connectivity index (χ4n) is 13.1. The zero-order valence-electron chi connectivity index (χ0n) is 62.8. The monoisotopic (exact) mass is 1300 g/mol. The number of aliphatic hydroxyl groups is 2. The maximum absolute atomic E-state index is 12.6. The Morgan fingerprint density at radius 3 is 0.849 bits per heavy atom. The van der Waals surface area contributed by atoms with Crippen molar-refractivity contribution < 1.29 is 24.5 Å². The predicted molar refractivity (Wildman–Crippen MR) is 412 cm³/mol. The Morgan fingerprint density at radius 1 is 0.301 bits per heavy atom. The van der Waals surface area contributed by atoms with Crippen LogP contribution in [0.3, 0.4) is 0 Å². The number of carbonyl (C=O) groups excluding carboxylic acids is 2. The van der Waals surface area contributed by atoms with E-state index in [1.165, 1.54) is 372 Å². The van der Waals surface area contributed by atoms with E-state index in [0.29, 0.717) is 19.4 Å². The minimum atomic E-state index is -0.845. The third-order valence-electron chi connectivity index (χ3n) is 19.5. The van der Waals surface area contributed by atoms with E-state index in [-0.39, 0.29) is 18.5 Å². The molecule has 1 amide bonds. The van der Waals surface area contributed by atoms with Crippen LogP contribution in [0, 0.1) is 0 Å². The van der Waals surface area contributed by atoms with Gasteiger partial charge in [0.15, 0.2) is 0 Å². The van der Waals surface area contributed by atoms with Gasteiger partial charge in [0.2, 0.25) is 5.91 Å². The molecule has 93 heavy (non-hydrogen) atoms. The largest absolute Gasteiger partial charge is 0.466 e. The third-order valence-corrected chi connectivity index (χ3v) is 19.5. The predicted octanol–water partition coefficient (Wildman–Crippen LogP) is 28.1. The average molecular weight is 1300 g/mol. The van der Waals surface area contributed by atoms with Gasteiger partial charge in [-0.25, -0.2) is 0 Å². The molecule has 6 nitrogen and oxygen atoms in total. The summed E-state index contributed by atoms with van der Waals surface area (Å²) in [6.07, 6.45) is 111. The Hall–Kier alpha value is -2.44. The van der Waals surface area contributed by atoms with E-state index >= 15 is 0 Å². The average Bonchev–Trinajstić information content (AvgIpc) is 3.78. The van der Waals surface area contributed by atoms with E-state index < -0.39 is 12.1 Å². The van der Waals surface area contributed by atoms with Gasteiger partial charge in [0.25, 0.3) is 0 Å². The molecule has 546 valence electrons. The second kappa shape index (κ2) is 82.0. The van der Waals surface area contributed by atoms with Crippen LogP contribution in [0.25, 0.3) is 0 Å². The highest BCUT2D eigenvalue weighted by atomic mass is 16.5. The molecule has 0 fully saturated rings. The van der Waals surface area contributed by atoms with E-state index in [2.05, 4.69) is 67.8 Å². The number of aliphatic hydroxyl groups excluding tert-OH is 2. The highest BCUT2D eigenvalue weighted by molar-refractivity contribution is 5.76. The highest BCUT2D eigenvalue weighted by Gasteiger charge is 2.18. The zero-order chi connectivity index (χ0) is 67.0. The summed E-state index contributed by atoms with van der Waals surface area (Å²) in [5.41, 5.74) is 0. The molecule has 6 heteroatoms. The van der Waals surface area contributed by atoms with E-state index in [9.17, 15) is 19.8 Å². The molecule has 0 aliphatic carbocycles. The maximum Gasteiger partial charge on any atom is 0.305 e. The summed E-state index contributed by atoms with van der Waals surface area (Å²) < 4.78 is 5.49. The number of allylic oxidation sites excluding steroid dienone is 9. The van der Waals surface area contributed by atoms with Gasteiger partial charge in [0, 0.05) is 12.8 Å². The van der Waals surface area contributed by atoms with Crippen LogP contribution in [0.4, 0.5) is 0 Å². The van der Waals surface area contributed by atoms with Gasteiger partial charge in [-0.1, -0.05) is 415 Å². The first-order chi connectivity index (χ1) is 46.0. The van der Waals surface area contributed by atoms with Crippen molar-refractivity contribution in [3.05, 3.63) is 60.8 Å². The fourth-order valence-corrected chi connectivity index (χ4v) is 13.1. The van der Waals surface area contributed by atoms with Gasteiger partial charge in [0.05, 0.1) is 25.4 Å². The van der Waals surface area contributed by atoms with Crippen molar-refractivity contribution in [3.8, 4) is 0 Å². The van der Waals surface area contributed by atoms with Gasteiger partial charge in [-0.05, 0) is 89.9 Å². The summed E-state index contributed by atoms with van der Waals surface area (Å²) in [6.45, 7) is 4.90. The van der Waals surface area contributed by atoms with Crippen molar-refractivity contribution in [3.63, 3.8) is 0 Å². The molecule has 2 unspecified atom stereocenters. The first-order valence-corrected chi connectivity index (χ1v) is 42.1. The highest BCUT2D eigenvalue weighted by Crippen LogP contribution is 2.20. The normalized spacial score (nSPS) is 12.8. The van der Waals surface area contributed by atoms with Gasteiger partial charge in [-0.3, -0.25) is 9.59 Å². The quantitative estimate of drug-likeness (QED) is 0.0320. The van der Waals surface area contributed by atoms with Crippen molar-refractivity contribution in [1.29, 1.82) is 0 Å². The lowest BCUT2D eigenvalue weighted by molar-refractivity contribution is -0.143. The lowest BCUT2D eigenvalue weighted by Gasteiger charge is -2.20. The molecule has 0 aliphatic rings. The Morgan fingerprint density at radius 2 is 0.548 bits per heavy atom. The number of unbranched alkanes of at least 4 members (excludes halogenated alkanes) is 60. The first-order valence-electron chi connectivity index (χ1n) is 42.1. The van der Waals surface area contributed by atoms with Gasteiger partial charge >= 0.3 is 5.97 Å². The van der Waals surface area contributed by atoms with Crippen LogP contribution in [0.2, 0.25) is 0 Å². The number of nitrogens with one attached hydrogen (secondary N) is 1. The molecule has 0 aromatic rings. The molecule has 3 N–H and O–H groups in total. The number of ether oxygens (including phenoxy) is 1. The van der Waals surface area contributed by atoms with Crippen LogP contribution in [0.1, 0.15) is 457 Å². The van der Waals surface area contributed by atoms with Crippen LogP contribution >= 0.6 is 0 Å². The Labute approximate surface area is 581 Å². The molecule has 0 heterocycles. The summed E-state index contributed by atoms with van der Waals surface area (Å²) in [4.78, 5) is 24.6. The molecule has 0 radical (unpaired) electrons. The van der Waals surface area contributed by atoms with Crippen molar-refractivity contribution in [1.82, 2.24) is 5.32 Å². The van der Waals surface area contributed by atoms with Gasteiger partial charge < -0.3 is 20.3 Å². The van der Waals surface area contributed by atoms with Crippen LogP contribution in [-0.4, -0.2) is 47.4 Å². The maximum atomic E-state index is 12.6. The zero-order valence-corrected chi connectivity index (χ0v) is 62.8. The molecule has 0 bridgehead atoms. The summed E-state index contributed by atoms with van der Waals surface area (Å²) in [5.74, 6) is -0.0547. The SMILES string of the molecule is CCCC/C=C\C/C=C\CCCCCCCC(=O)OCCCCCCCCCCCCCCCCC/C=C\C/C=C\CCCCCCCCCCCCCCCCCCCC(=O)NC(CO)C(O)/C=C/CCCCCCCCCCCCCCCCCCCCCCC. The molecule has 0 aromatic heterocycles. The van der Waals surface area contributed by atoms with Crippen LogP contribution in [-0.2, 0) is 14.3 Å². The number of carbonyl (C=O) groups is 2. The molecule has 0 aromatic carbocycles. The minimum absolute atomic E-state index is 0.00569. The summed E-state index contributed by atoms with van der Waals surface area (Å²) in [6, 6.07) is -0.628. The third kappa shape index (κ3) is 78.4. The lowest BCUT2D eigenvalue weighted by Crippen LogP contribution is -2.45. The fraction of sp³-hybridized carbons (Fsp3) is 0.862. The van der Waals surface area contributed by atoms with E-state index in [1.807, 2.05) is 6.08 Å². The Bertz CT molecular complexity index is 1600. The van der Waals surface area contributed by atoms with E-state index in [1.54, 1.807) is 6.08 Å². The minimum Gasteiger partial charge on any atom is -0.466 e. The molecule has 2 atom stereocenters. The van der Waals surface area contributed by atoms with Gasteiger partial charge in [-0.15, -0.1) is 0 Å². The van der Waals surface area contributed by atoms with Crippen molar-refractivity contribution in [2.75, 3.05) is 13.2 Å². The van der Waals surface area contributed by atoms with E-state index in [0.717, 1.165) is 57.8 Å². The van der Waals surface area contributed by atoms with Crippen molar-refractivity contribution in [2.24, 2.45) is 0 Å². The smallest absolute Gasteiger partial charge is 0.305 e. The van der Waals surface area contributed by atoms with Gasteiger partial charge in [-0.2, -0.15) is 0 Å². The first kappa shape index (κ1) is 90.6. The Balaban J connectivity index is 3.38. The summed E-state index contributed by atoms with van der Waals surface area (Å²) >= 11 is 0. The molecular weight excluding hydrogens is 1140 g/mol. The molecule has 0 spiro atoms. The van der Waals surface area contributed by atoms with Gasteiger partial charge in [0.1, 0.15) is 0 Å². The van der Waals surface area contributed by atoms with Crippen molar-refractivity contribution >= 4 is 11.9 Å². The van der Waals surface area contributed by atoms with Crippen molar-refractivity contribution in [2.45, 2.75) is 469 Å². The molecule has 0 aliphatic heterocycles. The number of esters is 1. The molecule has 0 rings (SSSR count). The number of amides is 1. The second-order valence-corrected chi connectivity index (χ2v) is 28.8. The van der Waals surface area contributed by atoms with Crippen LogP contribution in [0.5, 0.6) is 0 Å². The van der Waals surface area contributed by atoms with Crippen LogP contribution < -0.4 is 5.32 Å².